The molecule has 1 aliphatic carbocycles. The summed E-state index contributed by atoms with van der Waals surface area (Å²) in [5.74, 6) is -0.967. The number of carbonyl (C=O) groups excluding carboxylic acids is 1. The molecule has 0 bridgehead atoms. The number of amides is 1. The van der Waals surface area contributed by atoms with Crippen molar-refractivity contribution < 1.29 is 24.5 Å². The summed E-state index contributed by atoms with van der Waals surface area (Å²) in [6.07, 6.45) is 1.98. The van der Waals surface area contributed by atoms with Crippen LogP contribution in [0.1, 0.15) is 60.3 Å². The number of hydrogen-bond donors (Lipinski definition) is 2. The fraction of sp³-hybridized carbons (Fsp3) is 0.345. The molecule has 38 heavy (non-hydrogen) atoms. The number of aliphatic hydroxyl groups is 1. The molecule has 1 aliphatic rings. The largest absolute Gasteiger partial charge is 0.478 e. The highest BCUT2D eigenvalue weighted by atomic mass is 35.5. The van der Waals surface area contributed by atoms with Crippen LogP contribution in [-0.2, 0) is 17.6 Å². The molecular formula is C29H30Cl2N2O5. The van der Waals surface area contributed by atoms with Gasteiger partial charge in [-0.3, -0.25) is 0 Å². The van der Waals surface area contributed by atoms with E-state index in [9.17, 15) is 19.8 Å². The Morgan fingerprint density at radius 3 is 2.39 bits per heavy atom. The van der Waals surface area contributed by atoms with Gasteiger partial charge in [0, 0.05) is 17.8 Å². The number of halogens is 2. The summed E-state index contributed by atoms with van der Waals surface area (Å²) in [6, 6.07) is 14.3. The lowest BCUT2D eigenvalue weighted by Crippen LogP contribution is -2.47. The number of ether oxygens (including phenoxy) is 1. The monoisotopic (exact) mass is 556 g/mol. The predicted octanol–water partition coefficient (Wildman–Crippen LogP) is 6.58. The van der Waals surface area contributed by atoms with Crippen molar-refractivity contribution in [3.05, 3.63) is 87.2 Å². The third kappa shape index (κ3) is 6.65. The molecular weight excluding hydrogens is 527 g/mol. The molecule has 7 nitrogen and oxygen atoms in total. The summed E-state index contributed by atoms with van der Waals surface area (Å²) in [4.78, 5) is 30.1. The first-order chi connectivity index (χ1) is 17.9. The number of hydrogen-bond acceptors (Lipinski definition) is 5. The number of benzene rings is 2. The molecule has 9 heteroatoms. The molecule has 0 saturated heterocycles. The van der Waals surface area contributed by atoms with Crippen molar-refractivity contribution in [3.8, 4) is 11.1 Å². The minimum Gasteiger partial charge on any atom is -0.478 e. The molecule has 0 spiro atoms. The number of aryl methyl sites for hydroxylation is 1. The molecule has 0 aliphatic heterocycles. The van der Waals surface area contributed by atoms with E-state index in [-0.39, 0.29) is 28.3 Å². The maximum Gasteiger partial charge on any atom is 0.410 e. The van der Waals surface area contributed by atoms with Gasteiger partial charge in [-0.25, -0.2) is 14.6 Å². The van der Waals surface area contributed by atoms with Gasteiger partial charge in [-0.1, -0.05) is 53.5 Å². The number of aromatic carboxylic acids is 1. The summed E-state index contributed by atoms with van der Waals surface area (Å²) in [5.41, 5.74) is 4.16. The maximum atomic E-state index is 13.3. The minimum atomic E-state index is -1.04. The Bertz CT molecular complexity index is 1340. The molecule has 200 valence electrons. The van der Waals surface area contributed by atoms with Gasteiger partial charge in [-0.2, -0.15) is 0 Å². The second-order valence-electron chi connectivity index (χ2n) is 10.5. The Balaban J connectivity index is 1.59. The molecule has 1 aromatic heterocycles. The average Bonchev–Trinajstić information content (AvgIpc) is 2.87. The van der Waals surface area contributed by atoms with Crippen molar-refractivity contribution >= 4 is 35.3 Å². The number of nitrogens with zero attached hydrogens (tertiary/aromatic N) is 2. The fourth-order valence-corrected chi connectivity index (χ4v) is 4.87. The van der Waals surface area contributed by atoms with Crippen molar-refractivity contribution in [2.75, 3.05) is 6.54 Å². The number of pyridine rings is 1. The molecule has 3 aromatic rings. The zero-order chi connectivity index (χ0) is 27.6. The minimum absolute atomic E-state index is 0.00486. The smallest absolute Gasteiger partial charge is 0.410 e. The third-order valence-corrected chi connectivity index (χ3v) is 7.20. The van der Waals surface area contributed by atoms with Crippen molar-refractivity contribution in [1.29, 1.82) is 0 Å². The molecule has 1 heterocycles. The Morgan fingerprint density at radius 1 is 1.08 bits per heavy atom. The van der Waals surface area contributed by atoms with Crippen LogP contribution in [0.4, 0.5) is 4.79 Å². The van der Waals surface area contributed by atoms with E-state index >= 15 is 0 Å². The van der Waals surface area contributed by atoms with E-state index in [2.05, 4.69) is 17.1 Å². The molecule has 1 amide bonds. The van der Waals surface area contributed by atoms with Gasteiger partial charge in [0.25, 0.3) is 0 Å². The highest BCUT2D eigenvalue weighted by Gasteiger charge is 2.33. The number of carboxylic acids is 1. The Morgan fingerprint density at radius 2 is 1.76 bits per heavy atom. The van der Waals surface area contributed by atoms with Gasteiger partial charge in [0.05, 0.1) is 23.2 Å². The molecule has 2 N–H and O–H groups in total. The number of carbonyl (C=O) groups is 2. The molecule has 2 unspecified atom stereocenters. The molecule has 0 fully saturated rings. The number of carboxylic acid groups (broad SMARTS) is 1. The number of rotatable bonds is 6. The van der Waals surface area contributed by atoms with E-state index < -0.39 is 23.8 Å². The fourth-order valence-electron chi connectivity index (χ4n) is 4.59. The summed E-state index contributed by atoms with van der Waals surface area (Å²) < 4.78 is 5.71. The highest BCUT2D eigenvalue weighted by Crippen LogP contribution is 2.32. The molecule has 2 aromatic carbocycles. The van der Waals surface area contributed by atoms with Crippen LogP contribution in [-0.4, -0.2) is 50.3 Å². The average molecular weight is 557 g/mol. The van der Waals surface area contributed by atoms with E-state index in [4.69, 9.17) is 27.9 Å². The van der Waals surface area contributed by atoms with Gasteiger partial charge >= 0.3 is 12.1 Å². The van der Waals surface area contributed by atoms with Crippen LogP contribution in [0.5, 0.6) is 0 Å². The molecule has 4 rings (SSSR count). The van der Waals surface area contributed by atoms with Crippen molar-refractivity contribution in [1.82, 2.24) is 9.88 Å². The van der Waals surface area contributed by atoms with E-state index in [1.165, 1.54) is 11.8 Å². The van der Waals surface area contributed by atoms with Crippen molar-refractivity contribution in [3.63, 3.8) is 0 Å². The van der Waals surface area contributed by atoms with Gasteiger partial charge in [-0.15, -0.1) is 0 Å². The van der Waals surface area contributed by atoms with Crippen LogP contribution in [0, 0.1) is 0 Å². The van der Waals surface area contributed by atoms with Gasteiger partial charge in [0.2, 0.25) is 0 Å². The number of aliphatic hydroxyl groups excluding tert-OH is 1. The normalized spacial score (nSPS) is 15.9. The summed E-state index contributed by atoms with van der Waals surface area (Å²) in [7, 11) is 0. The van der Waals surface area contributed by atoms with E-state index in [1.54, 1.807) is 56.0 Å². The lowest BCUT2D eigenvalue weighted by atomic mass is 9.85. The number of fused-ring (bicyclic) bond motifs is 1. The second-order valence-corrected chi connectivity index (χ2v) is 11.2. The Labute approximate surface area is 232 Å². The van der Waals surface area contributed by atoms with Crippen LogP contribution in [0.3, 0.4) is 0 Å². The number of aromatic nitrogens is 1. The van der Waals surface area contributed by atoms with Crippen molar-refractivity contribution in [2.45, 2.75) is 57.8 Å². The predicted molar refractivity (Wildman–Crippen MR) is 147 cm³/mol. The van der Waals surface area contributed by atoms with Gasteiger partial charge < -0.3 is 19.8 Å². The SMILES string of the molecule is CC(C)(C)OC(=O)N(CC(O)c1cnc(Cl)c(Cl)c1)C1CCc2ccc(-c3ccc(C(=O)O)cc3)cc2C1. The molecule has 0 saturated carbocycles. The zero-order valence-electron chi connectivity index (χ0n) is 21.4. The zero-order valence-corrected chi connectivity index (χ0v) is 23.0. The van der Waals surface area contributed by atoms with Crippen LogP contribution < -0.4 is 0 Å². The van der Waals surface area contributed by atoms with Crippen LogP contribution in [0.25, 0.3) is 11.1 Å². The lowest BCUT2D eigenvalue weighted by molar-refractivity contribution is 0.00191. The van der Waals surface area contributed by atoms with E-state index in [0.717, 1.165) is 23.1 Å². The Hall–Kier alpha value is -3.13. The topological polar surface area (TPSA) is 100.0 Å². The molecule has 0 radical (unpaired) electrons. The summed E-state index contributed by atoms with van der Waals surface area (Å²) in [6.45, 7) is 5.42. The van der Waals surface area contributed by atoms with Crippen LogP contribution in [0.2, 0.25) is 10.2 Å². The maximum absolute atomic E-state index is 13.3. The quantitative estimate of drug-likeness (QED) is 0.332. The first-order valence-corrected chi connectivity index (χ1v) is 13.1. The van der Waals surface area contributed by atoms with Crippen molar-refractivity contribution in [2.24, 2.45) is 0 Å². The molecule has 2 atom stereocenters. The van der Waals surface area contributed by atoms with Gasteiger partial charge in [0.1, 0.15) is 10.8 Å². The standard InChI is InChI=1S/C29H30Cl2N2O5/c1-29(2,3)38-28(37)33(16-25(34)22-14-24(30)26(31)32-15-22)23-11-10-18-6-9-20(12-21(18)13-23)17-4-7-19(8-5-17)27(35)36/h4-9,12,14-15,23,25,34H,10-11,13,16H2,1-3H3,(H,35,36). The third-order valence-electron chi connectivity index (χ3n) is 6.51. The van der Waals surface area contributed by atoms with Gasteiger partial charge in [-0.05, 0) is 80.5 Å². The van der Waals surface area contributed by atoms with Gasteiger partial charge in [0.15, 0.2) is 0 Å². The van der Waals surface area contributed by atoms with E-state index in [0.29, 0.717) is 18.4 Å². The summed E-state index contributed by atoms with van der Waals surface area (Å²) >= 11 is 12.0. The summed E-state index contributed by atoms with van der Waals surface area (Å²) in [5, 5.41) is 20.6. The lowest BCUT2D eigenvalue weighted by Gasteiger charge is -2.37. The first-order valence-electron chi connectivity index (χ1n) is 12.4. The highest BCUT2D eigenvalue weighted by molar-refractivity contribution is 6.41. The van der Waals surface area contributed by atoms with Crippen LogP contribution in [0.15, 0.2) is 54.7 Å². The second kappa shape index (κ2) is 11.3. The Kier molecular flexibility index (Phi) is 8.31. The van der Waals surface area contributed by atoms with Crippen LogP contribution >= 0.6 is 23.2 Å². The van der Waals surface area contributed by atoms with E-state index in [1.807, 2.05) is 6.07 Å². The first kappa shape index (κ1) is 27.9.